The van der Waals surface area contributed by atoms with Gasteiger partial charge in [-0.25, -0.2) is 0 Å². The minimum atomic E-state index is -1.32. The van der Waals surface area contributed by atoms with Crippen molar-refractivity contribution in [3.05, 3.63) is 73.2 Å². The first-order chi connectivity index (χ1) is 18.1. The maximum atomic E-state index is 13.4. The number of benzene rings is 2. The third-order valence-electron chi connectivity index (χ3n) is 6.21. The third-order valence-corrected chi connectivity index (χ3v) is 8.85. The molecule has 5 rings (SSSR count). The zero-order chi connectivity index (χ0) is 27.1. The molecular formula is C25H20ClN3O7S2. The van der Waals surface area contributed by atoms with E-state index in [4.69, 9.17) is 16.3 Å². The summed E-state index contributed by atoms with van der Waals surface area (Å²) in [5, 5.41) is 11.8. The van der Waals surface area contributed by atoms with Gasteiger partial charge in [0, 0.05) is 27.1 Å². The molecule has 3 aromatic rings. The number of aromatic amines is 1. The minimum absolute atomic E-state index is 0.243. The van der Waals surface area contributed by atoms with Crippen LogP contribution >= 0.6 is 34.7 Å². The molecule has 2 aliphatic rings. The van der Waals surface area contributed by atoms with E-state index in [0.29, 0.717) is 26.2 Å². The summed E-state index contributed by atoms with van der Waals surface area (Å²) < 4.78 is 5.86. The first-order valence-electron chi connectivity index (χ1n) is 11.4. The second-order valence-electron chi connectivity index (χ2n) is 8.79. The normalized spacial score (nSPS) is 20.2. The van der Waals surface area contributed by atoms with Crippen molar-refractivity contribution in [3.63, 3.8) is 0 Å². The molecule has 38 heavy (non-hydrogen) atoms. The van der Waals surface area contributed by atoms with Crippen molar-refractivity contribution in [1.29, 1.82) is 0 Å². The highest BCUT2D eigenvalue weighted by Gasteiger charge is 2.56. The van der Waals surface area contributed by atoms with Gasteiger partial charge in [0.1, 0.15) is 17.5 Å². The largest absolute Gasteiger partial charge is 0.483 e. The zero-order valence-electron chi connectivity index (χ0n) is 19.7. The fourth-order valence-corrected chi connectivity index (χ4v) is 7.28. The highest BCUT2D eigenvalue weighted by molar-refractivity contribution is 8.00. The molecule has 196 valence electrons. The number of amides is 3. The molecular weight excluding hydrogens is 554 g/mol. The number of thioether (sulfide) groups is 1. The average molecular weight is 574 g/mol. The average Bonchev–Trinajstić information content (AvgIpc) is 3.35. The van der Waals surface area contributed by atoms with Gasteiger partial charge in [0.2, 0.25) is 11.8 Å². The molecule has 10 nitrogen and oxygen atoms in total. The van der Waals surface area contributed by atoms with Gasteiger partial charge in [-0.05, 0) is 37.3 Å². The molecule has 3 N–H and O–H groups in total. The van der Waals surface area contributed by atoms with Crippen LogP contribution in [-0.4, -0.2) is 57.1 Å². The number of nitrogens with zero attached hydrogens (tertiary/aromatic N) is 1. The number of rotatable bonds is 7. The summed E-state index contributed by atoms with van der Waals surface area (Å²) in [7, 11) is 0. The number of likely N-dealkylation sites (tertiary alicyclic amines) is 1. The van der Waals surface area contributed by atoms with E-state index in [0.717, 1.165) is 33.6 Å². The molecule has 2 aliphatic heterocycles. The number of halogens is 1. The Kier molecular flexibility index (Phi) is 7.03. The number of aryl methyl sites for hydroxylation is 1. The fourth-order valence-electron chi connectivity index (χ4n) is 4.57. The van der Waals surface area contributed by atoms with Crippen LogP contribution in [0.1, 0.15) is 21.9 Å². The van der Waals surface area contributed by atoms with E-state index in [1.807, 2.05) is 19.1 Å². The Morgan fingerprint density at radius 3 is 2.58 bits per heavy atom. The van der Waals surface area contributed by atoms with E-state index in [-0.39, 0.29) is 17.2 Å². The van der Waals surface area contributed by atoms with Crippen LogP contribution in [0.25, 0.3) is 0 Å². The van der Waals surface area contributed by atoms with Crippen LogP contribution in [0.5, 0.6) is 5.75 Å². The highest BCUT2D eigenvalue weighted by atomic mass is 35.5. The monoisotopic (exact) mass is 573 g/mol. The van der Waals surface area contributed by atoms with E-state index >= 15 is 0 Å². The van der Waals surface area contributed by atoms with Crippen molar-refractivity contribution in [3.8, 4) is 5.75 Å². The molecule has 0 spiro atoms. The minimum Gasteiger partial charge on any atom is -0.483 e. The Balaban J connectivity index is 1.49. The molecule has 0 unspecified atom stereocenters. The van der Waals surface area contributed by atoms with Crippen LogP contribution in [0.2, 0.25) is 5.02 Å². The topological polar surface area (TPSA) is 146 Å². The molecule has 2 aromatic carbocycles. The summed E-state index contributed by atoms with van der Waals surface area (Å²) in [6, 6.07) is 11.9. The molecule has 13 heteroatoms. The van der Waals surface area contributed by atoms with Crippen LogP contribution in [0, 0.1) is 12.8 Å². The van der Waals surface area contributed by atoms with Gasteiger partial charge >= 0.3 is 10.8 Å². The van der Waals surface area contributed by atoms with Crippen molar-refractivity contribution in [1.82, 2.24) is 9.88 Å². The first-order valence-corrected chi connectivity index (χ1v) is 13.4. The van der Waals surface area contributed by atoms with Crippen molar-refractivity contribution in [2.24, 2.45) is 5.92 Å². The Bertz CT molecular complexity index is 1520. The number of hydrogen-bond donors (Lipinski definition) is 3. The van der Waals surface area contributed by atoms with Crippen LogP contribution in [0.15, 0.2) is 52.3 Å². The molecule has 1 saturated heterocycles. The predicted molar refractivity (Wildman–Crippen MR) is 141 cm³/mol. The van der Waals surface area contributed by atoms with Gasteiger partial charge in [-0.2, -0.15) is 0 Å². The molecule has 3 atom stereocenters. The molecule has 3 heterocycles. The van der Waals surface area contributed by atoms with Crippen LogP contribution < -0.4 is 14.9 Å². The SMILES string of the molecule is Cc1ccc(NC(=O)COc2ccc(Cl)cc2[C@@H]2c3sc(=O)[nH]c3S[C@@H]3C(=O)N(CC(=O)O)C(=O)[C@H]23)cc1. The number of carbonyl (C=O) groups excluding carboxylic acids is 3. The van der Waals surface area contributed by atoms with Crippen LogP contribution in [-0.2, 0) is 19.2 Å². The molecule has 3 amide bonds. The van der Waals surface area contributed by atoms with Crippen molar-refractivity contribution >= 4 is 64.1 Å². The number of ether oxygens (including phenoxy) is 1. The standard InChI is InChI=1S/C25H20ClN3O7S2/c1-11-2-5-13(6-3-11)27-16(30)10-36-15-7-4-12(26)8-14(15)18-19-21(37-22-20(18)38-25(35)28-22)24(34)29(23(19)33)9-17(31)32/h2-8,18-19,21H,9-10H2,1H3,(H,27,30)(H,28,35)(H,31,32)/t18-,19+,21-/m0/s1. The Morgan fingerprint density at radius 2 is 1.87 bits per heavy atom. The van der Waals surface area contributed by atoms with Gasteiger partial charge in [-0.1, -0.05) is 52.4 Å². The number of carboxylic acids is 1. The molecule has 0 saturated carbocycles. The lowest BCUT2D eigenvalue weighted by Crippen LogP contribution is -2.36. The van der Waals surface area contributed by atoms with E-state index in [1.165, 1.54) is 0 Å². The maximum Gasteiger partial charge on any atom is 0.323 e. The summed E-state index contributed by atoms with van der Waals surface area (Å²) in [4.78, 5) is 66.2. The number of aliphatic carboxylic acids is 1. The van der Waals surface area contributed by atoms with Crippen molar-refractivity contribution in [2.75, 3.05) is 18.5 Å². The molecule has 0 bridgehead atoms. The maximum absolute atomic E-state index is 13.4. The van der Waals surface area contributed by atoms with Crippen LogP contribution in [0.3, 0.4) is 0 Å². The number of carboxylic acid groups (broad SMARTS) is 1. The number of fused-ring (bicyclic) bond motifs is 2. The van der Waals surface area contributed by atoms with E-state index < -0.39 is 47.3 Å². The molecule has 1 fully saturated rings. The summed E-state index contributed by atoms with van der Waals surface area (Å²) in [5.74, 6) is -4.61. The van der Waals surface area contributed by atoms with Crippen LogP contribution in [0.4, 0.5) is 5.69 Å². The number of H-pyrrole nitrogens is 1. The number of carbonyl (C=O) groups is 4. The molecule has 0 aliphatic carbocycles. The number of imide groups is 1. The van der Waals surface area contributed by atoms with E-state index in [2.05, 4.69) is 10.3 Å². The predicted octanol–water partition coefficient (Wildman–Crippen LogP) is 3.09. The van der Waals surface area contributed by atoms with Gasteiger partial charge < -0.3 is 20.1 Å². The Morgan fingerprint density at radius 1 is 1.13 bits per heavy atom. The first kappa shape index (κ1) is 26.0. The number of nitrogens with one attached hydrogen (secondary N) is 2. The smallest absolute Gasteiger partial charge is 0.323 e. The van der Waals surface area contributed by atoms with Crippen molar-refractivity contribution in [2.45, 2.75) is 23.1 Å². The van der Waals surface area contributed by atoms with Gasteiger partial charge in [0.25, 0.3) is 5.91 Å². The molecule has 1 aromatic heterocycles. The lowest BCUT2D eigenvalue weighted by Gasteiger charge is -2.31. The number of thiazole rings is 1. The van der Waals surface area contributed by atoms with E-state index in [1.54, 1.807) is 30.3 Å². The lowest BCUT2D eigenvalue weighted by atomic mass is 9.82. The second kappa shape index (κ2) is 10.3. The Hall–Kier alpha value is -3.61. The van der Waals surface area contributed by atoms with E-state index in [9.17, 15) is 29.1 Å². The summed E-state index contributed by atoms with van der Waals surface area (Å²) in [6.45, 7) is 0.813. The van der Waals surface area contributed by atoms with Gasteiger partial charge in [-0.3, -0.25) is 28.9 Å². The zero-order valence-corrected chi connectivity index (χ0v) is 22.1. The number of aromatic nitrogens is 1. The Labute approximate surface area is 228 Å². The summed E-state index contributed by atoms with van der Waals surface area (Å²) in [6.07, 6.45) is 0. The fraction of sp³-hybridized carbons (Fsp3) is 0.240. The molecule has 0 radical (unpaired) electrons. The van der Waals surface area contributed by atoms with Gasteiger partial charge in [0.05, 0.1) is 10.9 Å². The number of anilines is 1. The summed E-state index contributed by atoms with van der Waals surface area (Å²) in [5.41, 5.74) is 2.05. The highest BCUT2D eigenvalue weighted by Crippen LogP contribution is 2.54. The third kappa shape index (κ3) is 4.94. The number of hydrogen-bond acceptors (Lipinski definition) is 8. The quantitative estimate of drug-likeness (QED) is 0.366. The van der Waals surface area contributed by atoms with Gasteiger partial charge in [0.15, 0.2) is 6.61 Å². The lowest BCUT2D eigenvalue weighted by molar-refractivity contribution is -0.149. The second-order valence-corrected chi connectivity index (χ2v) is 11.4. The van der Waals surface area contributed by atoms with Gasteiger partial charge in [-0.15, -0.1) is 0 Å². The van der Waals surface area contributed by atoms with Crippen molar-refractivity contribution < 1.29 is 29.0 Å². The summed E-state index contributed by atoms with van der Waals surface area (Å²) >= 11 is 8.24.